The number of rotatable bonds is 4. The van der Waals surface area contributed by atoms with Crippen molar-refractivity contribution in [1.82, 2.24) is 19.7 Å². The van der Waals surface area contributed by atoms with Crippen LogP contribution in [-0.4, -0.2) is 45.4 Å². The lowest BCUT2D eigenvalue weighted by molar-refractivity contribution is -0.156. The van der Waals surface area contributed by atoms with Crippen molar-refractivity contribution in [2.24, 2.45) is 11.3 Å². The van der Waals surface area contributed by atoms with Gasteiger partial charge >= 0.3 is 5.97 Å². The zero-order valence-corrected chi connectivity index (χ0v) is 17.0. The molecule has 3 heterocycles. The number of carbonyl (C=O) groups excluding carboxylic acids is 1. The second-order valence-electron chi connectivity index (χ2n) is 8.56. The molecule has 0 aromatic carbocycles. The van der Waals surface area contributed by atoms with E-state index in [2.05, 4.69) is 10.1 Å². The largest absolute Gasteiger partial charge is 0.466 e. The molecule has 1 aliphatic heterocycles. The molecular formula is C19H29N5O3. The van der Waals surface area contributed by atoms with E-state index < -0.39 is 5.41 Å². The summed E-state index contributed by atoms with van der Waals surface area (Å²) < 4.78 is 7.11. The van der Waals surface area contributed by atoms with Gasteiger partial charge in [-0.3, -0.25) is 14.6 Å². The first kappa shape index (κ1) is 19.4. The SMILES string of the molecule is CCOC(=O)C1(C(C)C)CCN(c2nc3c(cnn3C(C)(C)C)c(=O)[nH]2)C1. The molecule has 1 N–H and O–H groups in total. The van der Waals surface area contributed by atoms with Crippen molar-refractivity contribution < 1.29 is 9.53 Å². The standard InChI is InChI=1S/C19H29N5O3/c1-7-27-16(26)19(12(2)3)8-9-23(11-19)17-21-14-13(15(25)22-17)10-20-24(14)18(4,5)6/h10,12H,7-9,11H2,1-6H3,(H,21,22,25). The summed E-state index contributed by atoms with van der Waals surface area (Å²) >= 11 is 0. The third-order valence-electron chi connectivity index (χ3n) is 5.45. The Morgan fingerprint density at radius 2 is 2.11 bits per heavy atom. The molecule has 0 aliphatic carbocycles. The minimum Gasteiger partial charge on any atom is -0.466 e. The van der Waals surface area contributed by atoms with Crippen LogP contribution in [0.4, 0.5) is 5.95 Å². The number of nitrogens with one attached hydrogen (secondary N) is 1. The average molecular weight is 375 g/mol. The molecule has 1 aliphatic rings. The van der Waals surface area contributed by atoms with Crippen LogP contribution in [0.5, 0.6) is 0 Å². The molecule has 0 radical (unpaired) electrons. The minimum atomic E-state index is -0.589. The highest BCUT2D eigenvalue weighted by atomic mass is 16.5. The van der Waals surface area contributed by atoms with E-state index >= 15 is 0 Å². The number of hydrogen-bond acceptors (Lipinski definition) is 6. The summed E-state index contributed by atoms with van der Waals surface area (Å²) in [5.41, 5.74) is -0.547. The summed E-state index contributed by atoms with van der Waals surface area (Å²) in [6.45, 7) is 13.4. The number of nitrogens with zero attached hydrogens (tertiary/aromatic N) is 4. The summed E-state index contributed by atoms with van der Waals surface area (Å²) in [6.07, 6.45) is 2.22. The molecular weight excluding hydrogens is 346 g/mol. The van der Waals surface area contributed by atoms with Crippen molar-refractivity contribution in [3.8, 4) is 0 Å². The smallest absolute Gasteiger partial charge is 0.314 e. The molecule has 1 fully saturated rings. The van der Waals surface area contributed by atoms with Crippen LogP contribution in [0, 0.1) is 11.3 Å². The Kier molecular flexibility index (Phi) is 4.78. The van der Waals surface area contributed by atoms with E-state index in [-0.39, 0.29) is 23.0 Å². The van der Waals surface area contributed by atoms with Gasteiger partial charge in [-0.1, -0.05) is 13.8 Å². The number of esters is 1. The van der Waals surface area contributed by atoms with Crippen molar-refractivity contribution in [3.63, 3.8) is 0 Å². The molecule has 1 atom stereocenters. The van der Waals surface area contributed by atoms with Gasteiger partial charge in [0.2, 0.25) is 5.95 Å². The fourth-order valence-corrected chi connectivity index (χ4v) is 3.71. The predicted octanol–water partition coefficient (Wildman–Crippen LogP) is 2.29. The van der Waals surface area contributed by atoms with Crippen LogP contribution in [0.3, 0.4) is 0 Å². The van der Waals surface area contributed by atoms with E-state index in [1.165, 1.54) is 0 Å². The predicted molar refractivity (Wildman–Crippen MR) is 104 cm³/mol. The number of H-pyrrole nitrogens is 1. The zero-order chi connectivity index (χ0) is 20.0. The van der Waals surface area contributed by atoms with Crippen molar-refractivity contribution in [1.29, 1.82) is 0 Å². The number of anilines is 1. The lowest BCUT2D eigenvalue weighted by atomic mass is 9.76. The molecule has 0 saturated carbocycles. The first-order chi connectivity index (χ1) is 12.6. The fourth-order valence-electron chi connectivity index (χ4n) is 3.71. The molecule has 0 bridgehead atoms. The quantitative estimate of drug-likeness (QED) is 0.824. The van der Waals surface area contributed by atoms with Crippen LogP contribution in [0.15, 0.2) is 11.0 Å². The normalized spacial score (nSPS) is 20.6. The summed E-state index contributed by atoms with van der Waals surface area (Å²) in [5.74, 6) is 0.424. The number of aromatic amines is 1. The molecule has 1 saturated heterocycles. The number of ether oxygens (including phenoxy) is 1. The molecule has 3 rings (SSSR count). The summed E-state index contributed by atoms with van der Waals surface area (Å²) in [6, 6.07) is 0. The molecule has 2 aromatic rings. The number of aromatic nitrogens is 4. The molecule has 8 heteroatoms. The van der Waals surface area contributed by atoms with Crippen LogP contribution in [-0.2, 0) is 15.1 Å². The molecule has 1 unspecified atom stereocenters. The van der Waals surface area contributed by atoms with Gasteiger partial charge in [-0.05, 0) is 40.0 Å². The van der Waals surface area contributed by atoms with Crippen LogP contribution in [0.25, 0.3) is 11.0 Å². The third-order valence-corrected chi connectivity index (χ3v) is 5.45. The maximum Gasteiger partial charge on any atom is 0.314 e. The van der Waals surface area contributed by atoms with Gasteiger partial charge in [0.25, 0.3) is 5.56 Å². The number of hydrogen-bond donors (Lipinski definition) is 1. The summed E-state index contributed by atoms with van der Waals surface area (Å²) in [5, 5.41) is 4.81. The zero-order valence-electron chi connectivity index (χ0n) is 17.0. The Morgan fingerprint density at radius 1 is 1.41 bits per heavy atom. The highest BCUT2D eigenvalue weighted by Gasteiger charge is 2.49. The molecule has 0 spiro atoms. The molecule has 8 nitrogen and oxygen atoms in total. The van der Waals surface area contributed by atoms with E-state index in [4.69, 9.17) is 9.72 Å². The minimum absolute atomic E-state index is 0.122. The Bertz CT molecular complexity index is 908. The number of carbonyl (C=O) groups is 1. The Balaban J connectivity index is 2.01. The van der Waals surface area contributed by atoms with E-state index in [9.17, 15) is 9.59 Å². The second-order valence-corrected chi connectivity index (χ2v) is 8.56. The van der Waals surface area contributed by atoms with E-state index in [1.54, 1.807) is 10.9 Å². The topological polar surface area (TPSA) is 93.1 Å². The van der Waals surface area contributed by atoms with Gasteiger partial charge in [0.15, 0.2) is 5.65 Å². The lowest BCUT2D eigenvalue weighted by Gasteiger charge is -2.30. The van der Waals surface area contributed by atoms with Gasteiger partial charge in [0, 0.05) is 13.1 Å². The highest BCUT2D eigenvalue weighted by Crippen LogP contribution is 2.40. The maximum atomic E-state index is 12.7. The van der Waals surface area contributed by atoms with Gasteiger partial charge in [0.05, 0.1) is 23.8 Å². The van der Waals surface area contributed by atoms with Crippen LogP contribution in [0.2, 0.25) is 0 Å². The monoisotopic (exact) mass is 375 g/mol. The Hall–Kier alpha value is -2.38. The van der Waals surface area contributed by atoms with Crippen LogP contribution >= 0.6 is 0 Å². The molecule has 27 heavy (non-hydrogen) atoms. The highest BCUT2D eigenvalue weighted by molar-refractivity contribution is 5.79. The van der Waals surface area contributed by atoms with Crippen LogP contribution in [0.1, 0.15) is 48.0 Å². The fraction of sp³-hybridized carbons (Fsp3) is 0.684. The van der Waals surface area contributed by atoms with Gasteiger partial charge in [-0.2, -0.15) is 10.1 Å². The average Bonchev–Trinajstić information content (AvgIpc) is 3.20. The van der Waals surface area contributed by atoms with Crippen molar-refractivity contribution >= 4 is 23.0 Å². The first-order valence-electron chi connectivity index (χ1n) is 9.51. The maximum absolute atomic E-state index is 12.7. The van der Waals surface area contributed by atoms with E-state index in [0.717, 1.165) is 0 Å². The summed E-state index contributed by atoms with van der Waals surface area (Å²) in [7, 11) is 0. The molecule has 148 valence electrons. The van der Waals surface area contributed by atoms with E-state index in [0.29, 0.717) is 43.1 Å². The third kappa shape index (κ3) is 3.21. The van der Waals surface area contributed by atoms with Crippen molar-refractivity contribution in [3.05, 3.63) is 16.6 Å². The van der Waals surface area contributed by atoms with E-state index in [1.807, 2.05) is 46.4 Å². The second kappa shape index (κ2) is 6.65. The first-order valence-corrected chi connectivity index (χ1v) is 9.51. The van der Waals surface area contributed by atoms with Crippen molar-refractivity contribution in [2.45, 2.75) is 53.5 Å². The Morgan fingerprint density at radius 3 is 2.70 bits per heavy atom. The summed E-state index contributed by atoms with van der Waals surface area (Å²) in [4.78, 5) is 34.7. The van der Waals surface area contributed by atoms with Crippen molar-refractivity contribution in [2.75, 3.05) is 24.6 Å². The van der Waals surface area contributed by atoms with Crippen LogP contribution < -0.4 is 10.5 Å². The van der Waals surface area contributed by atoms with Gasteiger partial charge < -0.3 is 9.64 Å². The van der Waals surface area contributed by atoms with Gasteiger partial charge in [-0.15, -0.1) is 0 Å². The molecule has 2 aromatic heterocycles. The van der Waals surface area contributed by atoms with Gasteiger partial charge in [-0.25, -0.2) is 4.68 Å². The van der Waals surface area contributed by atoms with Gasteiger partial charge in [0.1, 0.15) is 5.39 Å². The Labute approximate surface area is 158 Å². The molecule has 0 amide bonds. The number of fused-ring (bicyclic) bond motifs is 1. The lowest BCUT2D eigenvalue weighted by Crippen LogP contribution is -2.41.